The fourth-order valence-corrected chi connectivity index (χ4v) is 3.58. The van der Waals surface area contributed by atoms with Crippen molar-refractivity contribution in [1.29, 1.82) is 0 Å². The van der Waals surface area contributed by atoms with Crippen molar-refractivity contribution < 1.29 is 33.1 Å². The monoisotopic (exact) mass is 532 g/mol. The van der Waals surface area contributed by atoms with Gasteiger partial charge in [-0.15, -0.1) is 0 Å². The molecular weight excluding hydrogens is 504 g/mol. The molecule has 1 amide bonds. The molecule has 3 aromatic carbocycles. The number of rotatable bonds is 13. The van der Waals surface area contributed by atoms with Crippen molar-refractivity contribution in [3.8, 4) is 23.0 Å². The number of anilines is 1. The Hall–Kier alpha value is -4.99. The molecule has 202 valence electrons. The molecule has 0 bridgehead atoms. The Labute approximate surface area is 225 Å². The first-order valence-electron chi connectivity index (χ1n) is 12.3. The van der Waals surface area contributed by atoms with Gasteiger partial charge in [0.15, 0.2) is 17.3 Å². The number of nitrogens with zero attached hydrogens (tertiary/aromatic N) is 1. The fraction of sp³-hybridized carbons (Fsp3) is 0.207. The van der Waals surface area contributed by atoms with E-state index in [1.54, 1.807) is 36.4 Å². The van der Waals surface area contributed by atoms with Crippen LogP contribution in [-0.4, -0.2) is 24.0 Å². The van der Waals surface area contributed by atoms with E-state index in [1.165, 1.54) is 24.3 Å². The predicted octanol–water partition coefficient (Wildman–Crippen LogP) is 6.40. The first-order valence-corrected chi connectivity index (χ1v) is 12.3. The normalized spacial score (nSPS) is 10.5. The van der Waals surface area contributed by atoms with Gasteiger partial charge < -0.3 is 28.7 Å². The van der Waals surface area contributed by atoms with Crippen LogP contribution in [0.5, 0.6) is 23.0 Å². The third kappa shape index (κ3) is 7.51. The SMILES string of the molecule is CCOc1ccc(COc2ccc(NC(=O)c3ccc(COc4ccc([N+](=O)[O-])cc4)o3)cc2)cc1OCC. The molecule has 0 aliphatic carbocycles. The molecule has 4 rings (SSSR count). The number of ether oxygens (including phenoxy) is 4. The number of nitro benzene ring substituents is 1. The van der Waals surface area contributed by atoms with Gasteiger partial charge in [-0.1, -0.05) is 6.07 Å². The molecule has 0 spiro atoms. The number of non-ortho nitro benzene ring substituents is 1. The summed E-state index contributed by atoms with van der Waals surface area (Å²) >= 11 is 0. The van der Waals surface area contributed by atoms with Gasteiger partial charge >= 0.3 is 0 Å². The lowest BCUT2D eigenvalue weighted by molar-refractivity contribution is -0.384. The van der Waals surface area contributed by atoms with E-state index in [1.807, 2.05) is 32.0 Å². The molecule has 0 radical (unpaired) electrons. The lowest BCUT2D eigenvalue weighted by atomic mass is 10.2. The lowest BCUT2D eigenvalue weighted by Crippen LogP contribution is -2.10. The summed E-state index contributed by atoms with van der Waals surface area (Å²) in [6.45, 7) is 5.34. The van der Waals surface area contributed by atoms with Crippen molar-refractivity contribution in [3.63, 3.8) is 0 Å². The van der Waals surface area contributed by atoms with Crippen molar-refractivity contribution >= 4 is 17.3 Å². The van der Waals surface area contributed by atoms with E-state index in [0.29, 0.717) is 54.3 Å². The number of amides is 1. The van der Waals surface area contributed by atoms with Crippen molar-refractivity contribution in [3.05, 3.63) is 106 Å². The van der Waals surface area contributed by atoms with E-state index in [-0.39, 0.29) is 18.1 Å². The molecule has 1 N–H and O–H groups in total. The Morgan fingerprint density at radius 2 is 1.44 bits per heavy atom. The van der Waals surface area contributed by atoms with Crippen LogP contribution >= 0.6 is 0 Å². The van der Waals surface area contributed by atoms with Crippen LogP contribution < -0.4 is 24.3 Å². The lowest BCUT2D eigenvalue weighted by Gasteiger charge is -2.13. The number of benzene rings is 3. The highest BCUT2D eigenvalue weighted by atomic mass is 16.6. The van der Waals surface area contributed by atoms with Gasteiger partial charge in [0.2, 0.25) is 0 Å². The van der Waals surface area contributed by atoms with Crippen LogP contribution in [0.4, 0.5) is 11.4 Å². The van der Waals surface area contributed by atoms with E-state index in [0.717, 1.165) is 5.56 Å². The van der Waals surface area contributed by atoms with Gasteiger partial charge in [0.1, 0.15) is 30.5 Å². The third-order valence-electron chi connectivity index (χ3n) is 5.44. The van der Waals surface area contributed by atoms with Crippen molar-refractivity contribution in [2.24, 2.45) is 0 Å². The van der Waals surface area contributed by atoms with Gasteiger partial charge in [-0.2, -0.15) is 0 Å². The topological polar surface area (TPSA) is 122 Å². The average Bonchev–Trinajstić information content (AvgIpc) is 3.43. The van der Waals surface area contributed by atoms with Crippen LogP contribution in [-0.2, 0) is 13.2 Å². The van der Waals surface area contributed by atoms with Crippen LogP contribution in [0.2, 0.25) is 0 Å². The molecule has 0 aliphatic rings. The number of carbonyl (C=O) groups excluding carboxylic acids is 1. The van der Waals surface area contributed by atoms with Gasteiger partial charge in [0.05, 0.1) is 18.1 Å². The van der Waals surface area contributed by atoms with Crippen molar-refractivity contribution in [2.45, 2.75) is 27.1 Å². The third-order valence-corrected chi connectivity index (χ3v) is 5.44. The fourth-order valence-electron chi connectivity index (χ4n) is 3.58. The Morgan fingerprint density at radius 1 is 0.795 bits per heavy atom. The summed E-state index contributed by atoms with van der Waals surface area (Å²) < 4.78 is 28.3. The maximum Gasteiger partial charge on any atom is 0.291 e. The van der Waals surface area contributed by atoms with Gasteiger partial charge in [-0.3, -0.25) is 14.9 Å². The summed E-state index contributed by atoms with van der Waals surface area (Å²) in [5, 5.41) is 13.5. The minimum absolute atomic E-state index is 0.0253. The zero-order valence-electron chi connectivity index (χ0n) is 21.5. The highest BCUT2D eigenvalue weighted by Crippen LogP contribution is 2.29. The predicted molar refractivity (Wildman–Crippen MR) is 144 cm³/mol. The average molecular weight is 533 g/mol. The summed E-state index contributed by atoms with van der Waals surface area (Å²) in [5.74, 6) is 2.61. The summed E-state index contributed by atoms with van der Waals surface area (Å²) in [4.78, 5) is 22.9. The van der Waals surface area contributed by atoms with Crippen LogP contribution in [0.1, 0.15) is 35.7 Å². The summed E-state index contributed by atoms with van der Waals surface area (Å²) in [6, 6.07) is 21.6. The van der Waals surface area contributed by atoms with Crippen molar-refractivity contribution in [2.75, 3.05) is 18.5 Å². The van der Waals surface area contributed by atoms with Crippen LogP contribution in [0.25, 0.3) is 0 Å². The molecule has 1 aromatic heterocycles. The Balaban J connectivity index is 1.27. The highest BCUT2D eigenvalue weighted by molar-refractivity contribution is 6.02. The molecule has 0 aliphatic heterocycles. The van der Waals surface area contributed by atoms with E-state index < -0.39 is 10.8 Å². The number of nitrogens with one attached hydrogen (secondary N) is 1. The smallest absolute Gasteiger partial charge is 0.291 e. The molecule has 10 nitrogen and oxygen atoms in total. The van der Waals surface area contributed by atoms with Crippen LogP contribution in [0.3, 0.4) is 0 Å². The van der Waals surface area contributed by atoms with Crippen molar-refractivity contribution in [1.82, 2.24) is 0 Å². The van der Waals surface area contributed by atoms with Gasteiger partial charge in [0.25, 0.3) is 11.6 Å². The van der Waals surface area contributed by atoms with Crippen LogP contribution in [0, 0.1) is 10.1 Å². The number of furan rings is 1. The zero-order valence-corrected chi connectivity index (χ0v) is 21.5. The largest absolute Gasteiger partial charge is 0.490 e. The summed E-state index contributed by atoms with van der Waals surface area (Å²) in [5.41, 5.74) is 1.49. The second-order valence-electron chi connectivity index (χ2n) is 8.22. The Kier molecular flexibility index (Phi) is 9.02. The summed E-state index contributed by atoms with van der Waals surface area (Å²) in [7, 11) is 0. The second-order valence-corrected chi connectivity index (χ2v) is 8.22. The highest BCUT2D eigenvalue weighted by Gasteiger charge is 2.13. The molecule has 0 saturated carbocycles. The first kappa shape index (κ1) is 27.1. The Bertz CT molecular complexity index is 1400. The number of nitro groups is 1. The summed E-state index contributed by atoms with van der Waals surface area (Å²) in [6.07, 6.45) is 0. The molecular formula is C29H28N2O8. The molecule has 0 atom stereocenters. The minimum Gasteiger partial charge on any atom is -0.490 e. The van der Waals surface area contributed by atoms with E-state index >= 15 is 0 Å². The number of hydrogen-bond donors (Lipinski definition) is 1. The first-order chi connectivity index (χ1) is 18.9. The molecule has 1 heterocycles. The molecule has 39 heavy (non-hydrogen) atoms. The van der Waals surface area contributed by atoms with Gasteiger partial charge in [0, 0.05) is 17.8 Å². The number of carbonyl (C=O) groups is 1. The maximum absolute atomic E-state index is 12.6. The van der Waals surface area contributed by atoms with Gasteiger partial charge in [-0.25, -0.2) is 0 Å². The molecule has 0 saturated heterocycles. The minimum atomic E-state index is -0.482. The Morgan fingerprint density at radius 3 is 2.10 bits per heavy atom. The number of hydrogen-bond acceptors (Lipinski definition) is 8. The quantitative estimate of drug-likeness (QED) is 0.155. The zero-order chi connectivity index (χ0) is 27.6. The van der Waals surface area contributed by atoms with Gasteiger partial charge in [-0.05, 0) is 80.1 Å². The van der Waals surface area contributed by atoms with E-state index in [2.05, 4.69) is 5.32 Å². The van der Waals surface area contributed by atoms with E-state index in [9.17, 15) is 14.9 Å². The molecule has 4 aromatic rings. The van der Waals surface area contributed by atoms with Crippen LogP contribution in [0.15, 0.2) is 83.3 Å². The van der Waals surface area contributed by atoms with E-state index in [4.69, 9.17) is 23.4 Å². The second kappa shape index (κ2) is 13.0. The molecule has 10 heteroatoms. The maximum atomic E-state index is 12.6. The standard InChI is InChI=1S/C29H28N2O8/c1-3-35-26-15-5-20(17-28(26)36-4-2)18-37-23-10-6-21(7-11-23)30-29(32)27-16-14-25(39-27)19-38-24-12-8-22(9-13-24)31(33)34/h5-17H,3-4,18-19H2,1-2H3,(H,30,32). The molecule has 0 fully saturated rings. The molecule has 0 unspecified atom stereocenters.